The second-order valence-electron chi connectivity index (χ2n) is 6.33. The molecule has 2 aromatic carbocycles. The van der Waals surface area contributed by atoms with E-state index < -0.39 is 0 Å². The highest BCUT2D eigenvalue weighted by atomic mass is 32.2. The average Bonchev–Trinajstić information content (AvgIpc) is 3.22. The largest absolute Gasteiger partial charge is 0.357 e. The lowest BCUT2D eigenvalue weighted by Crippen LogP contribution is -2.28. The molecule has 0 saturated carbocycles. The maximum atomic E-state index is 13.1. The molecule has 1 aromatic heterocycles. The van der Waals surface area contributed by atoms with Crippen molar-refractivity contribution >= 4 is 34.6 Å². The lowest BCUT2D eigenvalue weighted by molar-refractivity contribution is -0.122. The van der Waals surface area contributed by atoms with Crippen LogP contribution in [0.2, 0.25) is 0 Å². The fraction of sp³-hybridized carbons (Fsp3) is 0.0909. The minimum absolute atomic E-state index is 0.0117. The van der Waals surface area contributed by atoms with Gasteiger partial charge in [-0.2, -0.15) is 0 Å². The minimum Gasteiger partial charge on any atom is -0.357 e. The third-order valence-corrected chi connectivity index (χ3v) is 5.21. The predicted molar refractivity (Wildman–Crippen MR) is 112 cm³/mol. The van der Waals surface area contributed by atoms with E-state index >= 15 is 0 Å². The van der Waals surface area contributed by atoms with Gasteiger partial charge in [0, 0.05) is 19.4 Å². The zero-order valence-electron chi connectivity index (χ0n) is 14.9. The molecular weight excluding hydrogens is 354 g/mol. The van der Waals surface area contributed by atoms with Gasteiger partial charge in [0.25, 0.3) is 5.91 Å². The molecule has 0 aliphatic carbocycles. The number of rotatable bonds is 4. The molecule has 0 spiro atoms. The zero-order valence-corrected chi connectivity index (χ0v) is 15.8. The monoisotopic (exact) mass is 373 g/mol. The third kappa shape index (κ3) is 4.04. The summed E-state index contributed by atoms with van der Waals surface area (Å²) in [5.41, 5.74) is 2.92. The Morgan fingerprint density at radius 2 is 1.70 bits per heavy atom. The first-order valence-corrected chi connectivity index (χ1v) is 9.52. The maximum Gasteiger partial charge on any atom is 0.267 e. The van der Waals surface area contributed by atoms with Crippen molar-refractivity contribution in [1.29, 1.82) is 0 Å². The molecule has 0 N–H and O–H groups in total. The first-order valence-electron chi connectivity index (χ1n) is 8.70. The van der Waals surface area contributed by atoms with E-state index in [1.807, 2.05) is 96.8 Å². The number of benzene rings is 2. The molecule has 0 unspecified atom stereocenters. The lowest BCUT2D eigenvalue weighted by Gasteiger charge is -2.15. The number of aryl methyl sites for hydroxylation is 1. The van der Waals surface area contributed by atoms with Gasteiger partial charge in [-0.1, -0.05) is 48.5 Å². The fourth-order valence-corrected chi connectivity index (χ4v) is 3.87. The summed E-state index contributed by atoms with van der Waals surface area (Å²) in [5.74, 6) is -0.0117. The van der Waals surface area contributed by atoms with Gasteiger partial charge in [0.15, 0.2) is 5.17 Å². The number of aliphatic imine (C=N–C) groups is 1. The first kappa shape index (κ1) is 17.4. The summed E-state index contributed by atoms with van der Waals surface area (Å²) in [6.45, 7) is 0.504. The van der Waals surface area contributed by atoms with Gasteiger partial charge in [-0.05, 0) is 47.2 Å². The standard InChI is InChI=1S/C22H19N3OS/c1-24-13-12-18(15-24)14-20-21(26)25(16-17-8-4-2-5-9-17)22(27-20)23-19-10-6-3-7-11-19/h2-15H,16H2,1H3/b20-14+,23-22?. The number of hydrogen-bond acceptors (Lipinski definition) is 3. The SMILES string of the molecule is Cn1ccc(/C=C2/SC(=Nc3ccccc3)N(Cc3ccccc3)C2=O)c1. The molecule has 1 aliphatic heterocycles. The number of para-hydroxylation sites is 1. The quantitative estimate of drug-likeness (QED) is 0.614. The Labute approximate surface area is 162 Å². The van der Waals surface area contributed by atoms with Crippen molar-refractivity contribution in [3.63, 3.8) is 0 Å². The van der Waals surface area contributed by atoms with Crippen LogP contribution < -0.4 is 0 Å². The number of aromatic nitrogens is 1. The van der Waals surface area contributed by atoms with Crippen molar-refractivity contribution in [3.05, 3.63) is 95.2 Å². The summed E-state index contributed by atoms with van der Waals surface area (Å²) in [7, 11) is 1.97. The van der Waals surface area contributed by atoms with Gasteiger partial charge >= 0.3 is 0 Å². The highest BCUT2D eigenvalue weighted by molar-refractivity contribution is 8.18. The highest BCUT2D eigenvalue weighted by Crippen LogP contribution is 2.35. The van der Waals surface area contributed by atoms with E-state index in [0.717, 1.165) is 16.8 Å². The molecule has 134 valence electrons. The summed E-state index contributed by atoms with van der Waals surface area (Å²) in [5, 5.41) is 0.706. The van der Waals surface area contributed by atoms with Gasteiger partial charge in [-0.15, -0.1) is 0 Å². The smallest absolute Gasteiger partial charge is 0.267 e. The van der Waals surface area contributed by atoms with Crippen molar-refractivity contribution in [3.8, 4) is 0 Å². The Hall–Kier alpha value is -3.05. The molecule has 2 heterocycles. The Kier molecular flexibility index (Phi) is 4.94. The van der Waals surface area contributed by atoms with E-state index in [9.17, 15) is 4.79 Å². The summed E-state index contributed by atoms with van der Waals surface area (Å²) >= 11 is 1.42. The fourth-order valence-electron chi connectivity index (χ4n) is 2.87. The summed E-state index contributed by atoms with van der Waals surface area (Å²) < 4.78 is 1.97. The number of carbonyl (C=O) groups excluding carboxylic acids is 1. The predicted octanol–water partition coefficient (Wildman–Crippen LogP) is 4.83. The molecule has 1 aliphatic rings. The van der Waals surface area contributed by atoms with Crippen LogP contribution in [0.4, 0.5) is 5.69 Å². The number of amidine groups is 1. The van der Waals surface area contributed by atoms with E-state index in [2.05, 4.69) is 0 Å². The first-order chi connectivity index (χ1) is 13.2. The van der Waals surface area contributed by atoms with E-state index in [-0.39, 0.29) is 5.91 Å². The Morgan fingerprint density at radius 1 is 1.00 bits per heavy atom. The molecule has 4 rings (SSSR count). The van der Waals surface area contributed by atoms with Gasteiger partial charge in [-0.25, -0.2) is 4.99 Å². The Morgan fingerprint density at radius 3 is 2.37 bits per heavy atom. The van der Waals surface area contributed by atoms with Crippen LogP contribution in [0.15, 0.2) is 89.0 Å². The number of nitrogens with zero attached hydrogens (tertiary/aromatic N) is 3. The molecule has 0 atom stereocenters. The van der Waals surface area contributed by atoms with Crippen LogP contribution in [0, 0.1) is 0 Å². The van der Waals surface area contributed by atoms with E-state index in [1.165, 1.54) is 11.8 Å². The summed E-state index contributed by atoms with van der Waals surface area (Å²) in [6, 6.07) is 21.7. The van der Waals surface area contributed by atoms with Gasteiger partial charge in [0.1, 0.15) is 0 Å². The van der Waals surface area contributed by atoms with E-state index in [0.29, 0.717) is 16.6 Å². The Balaban J connectivity index is 1.69. The van der Waals surface area contributed by atoms with Crippen LogP contribution in [0.5, 0.6) is 0 Å². The van der Waals surface area contributed by atoms with Crippen LogP contribution in [-0.4, -0.2) is 20.5 Å². The Bertz CT molecular complexity index is 1010. The van der Waals surface area contributed by atoms with Crippen molar-refractivity contribution in [1.82, 2.24) is 9.47 Å². The second kappa shape index (κ2) is 7.68. The second-order valence-corrected chi connectivity index (χ2v) is 7.34. The average molecular weight is 373 g/mol. The third-order valence-electron chi connectivity index (χ3n) is 4.21. The molecule has 5 heteroatoms. The zero-order chi connectivity index (χ0) is 18.6. The topological polar surface area (TPSA) is 37.6 Å². The van der Waals surface area contributed by atoms with Gasteiger partial charge in [0.2, 0.25) is 0 Å². The minimum atomic E-state index is -0.0117. The normalized spacial score (nSPS) is 17.2. The summed E-state index contributed by atoms with van der Waals surface area (Å²) in [6.07, 6.45) is 5.89. The van der Waals surface area contributed by atoms with Crippen molar-refractivity contribution in [2.24, 2.45) is 12.0 Å². The van der Waals surface area contributed by atoms with Crippen LogP contribution in [0.1, 0.15) is 11.1 Å². The van der Waals surface area contributed by atoms with Crippen LogP contribution >= 0.6 is 11.8 Å². The summed E-state index contributed by atoms with van der Waals surface area (Å²) in [4.78, 5) is 20.2. The van der Waals surface area contributed by atoms with Gasteiger partial charge < -0.3 is 4.57 Å². The van der Waals surface area contributed by atoms with Crippen molar-refractivity contribution < 1.29 is 4.79 Å². The lowest BCUT2D eigenvalue weighted by atomic mass is 10.2. The molecular formula is C22H19N3OS. The molecule has 27 heavy (non-hydrogen) atoms. The van der Waals surface area contributed by atoms with Crippen LogP contribution in [0.25, 0.3) is 6.08 Å². The van der Waals surface area contributed by atoms with E-state index in [1.54, 1.807) is 4.90 Å². The molecule has 4 nitrogen and oxygen atoms in total. The van der Waals surface area contributed by atoms with Gasteiger partial charge in [0.05, 0.1) is 17.1 Å². The molecule has 0 radical (unpaired) electrons. The van der Waals surface area contributed by atoms with Crippen molar-refractivity contribution in [2.45, 2.75) is 6.54 Å². The van der Waals surface area contributed by atoms with Crippen LogP contribution in [0.3, 0.4) is 0 Å². The highest BCUT2D eigenvalue weighted by Gasteiger charge is 2.33. The van der Waals surface area contributed by atoms with Crippen molar-refractivity contribution in [2.75, 3.05) is 0 Å². The number of amides is 1. The number of carbonyl (C=O) groups is 1. The molecule has 1 amide bonds. The number of hydrogen-bond donors (Lipinski definition) is 0. The van der Waals surface area contributed by atoms with Gasteiger partial charge in [-0.3, -0.25) is 9.69 Å². The molecule has 1 fully saturated rings. The molecule has 3 aromatic rings. The molecule has 0 bridgehead atoms. The maximum absolute atomic E-state index is 13.1. The number of thioether (sulfide) groups is 1. The molecule has 1 saturated heterocycles. The van der Waals surface area contributed by atoms with Crippen LogP contribution in [-0.2, 0) is 18.4 Å². The van der Waals surface area contributed by atoms with E-state index in [4.69, 9.17) is 4.99 Å².